The van der Waals surface area contributed by atoms with Gasteiger partial charge in [-0.2, -0.15) is 144 Å². The predicted octanol–water partition coefficient (Wildman–Crippen LogP) is 16.5. The van der Waals surface area contributed by atoms with Crippen LogP contribution in [0.15, 0.2) is 146 Å². The van der Waals surface area contributed by atoms with E-state index in [4.69, 9.17) is 0 Å². The van der Waals surface area contributed by atoms with Crippen molar-refractivity contribution in [3.05, 3.63) is 201 Å². The molecule has 1 heterocycles. The summed E-state index contributed by atoms with van der Waals surface area (Å²) in [6.07, 6.45) is -45.9. The van der Waals surface area contributed by atoms with E-state index < -0.39 is 195 Å². The van der Waals surface area contributed by atoms with Crippen molar-refractivity contribution >= 4 is 57.5 Å². The van der Waals surface area contributed by atoms with Gasteiger partial charge in [-0.3, -0.25) is 0 Å². The minimum atomic E-state index is -6.13. The number of nitrogens with zero attached hydrogens (tertiary/aromatic N) is 1. The Balaban J connectivity index is 0.000000363. The van der Waals surface area contributed by atoms with Gasteiger partial charge in [0.05, 0.1) is 49.9 Å². The number of hydrogen-bond donors (Lipinski definition) is 1. The molecule has 0 aliphatic heterocycles. The maximum Gasteiger partial charge on any atom is 0.416 e. The standard InChI is InChI=1S/C32H12BF24.C22H23NS/c34-25(35,36)13-1-14(26(37,38)39)6-21(5-13)33(22-7-15(27(40,41)42)2-16(8-22)28(43,44)45,23-9-17(29(46,47)48)3-18(10-23)30(49,50)51)24-11-19(31(52,53)54)4-20(12-24)32(55,56)57;1-18(24)9-5-8-14-22-21-13-7-6-12-20(21)15-16-23(22)17-19-10-3-2-4-11-19/h1-12H;2-4,6-8,10-16,18H,5,9,17H2,1H3/q-1;/p+1. The first-order valence-electron chi connectivity index (χ1n) is 23.2. The smallest absolute Gasteiger partial charge is 0.194 e. The quantitative estimate of drug-likeness (QED) is 0.0602. The van der Waals surface area contributed by atoms with Gasteiger partial charge in [0.1, 0.15) is 6.15 Å². The van der Waals surface area contributed by atoms with Gasteiger partial charge in [-0.15, -0.1) is 0 Å². The zero-order valence-electron chi connectivity index (χ0n) is 40.7. The molecule has 7 rings (SSSR count). The highest BCUT2D eigenvalue weighted by Crippen LogP contribution is 2.41. The number of allylic oxidation sites excluding steroid dienone is 1. The van der Waals surface area contributed by atoms with Crippen molar-refractivity contribution < 1.29 is 110 Å². The maximum absolute atomic E-state index is 14.2. The van der Waals surface area contributed by atoms with Crippen molar-refractivity contribution in [1.29, 1.82) is 0 Å². The molecule has 434 valence electrons. The summed E-state index contributed by atoms with van der Waals surface area (Å²) in [5.74, 6) is 0. The fourth-order valence-corrected chi connectivity index (χ4v) is 9.14. The minimum absolute atomic E-state index is 0.443. The molecule has 1 nitrogen and oxygen atoms in total. The summed E-state index contributed by atoms with van der Waals surface area (Å²) in [6, 6.07) is 12.6. The lowest BCUT2D eigenvalue weighted by atomic mass is 9.12. The van der Waals surface area contributed by atoms with E-state index in [9.17, 15) is 105 Å². The molecule has 0 aliphatic carbocycles. The summed E-state index contributed by atoms with van der Waals surface area (Å²) in [7, 11) is 0. The molecule has 0 aliphatic rings. The number of rotatable bonds is 10. The SMILES string of the molecule is CC(S)CCC=Cc1c2ccccc2cc[n+]1Cc1ccccc1.FC(F)(F)c1cc([B-](c2cc(C(F)(F)F)cc(C(F)(F)F)c2)(c2cc(C(F)(F)F)cc(C(F)(F)F)c2)c2cc(C(F)(F)F)cc(C(F)(F)F)c2)cc(C(F)(F)F)c1. The third-order valence-electron chi connectivity index (χ3n) is 12.6. The zero-order chi connectivity index (χ0) is 60.7. The molecule has 27 heteroatoms. The van der Waals surface area contributed by atoms with E-state index in [0.717, 1.165) is 19.4 Å². The molecule has 1 aromatic heterocycles. The third-order valence-corrected chi connectivity index (χ3v) is 12.9. The first kappa shape index (κ1) is 63.4. The lowest BCUT2D eigenvalue weighted by Gasteiger charge is -2.46. The third kappa shape index (κ3) is 15.2. The Morgan fingerprint density at radius 2 is 0.704 bits per heavy atom. The zero-order valence-corrected chi connectivity index (χ0v) is 41.6. The minimum Gasteiger partial charge on any atom is -0.194 e. The first-order chi connectivity index (χ1) is 37.0. The van der Waals surface area contributed by atoms with Crippen molar-refractivity contribution in [2.24, 2.45) is 0 Å². The molecular weight excluding hydrogens is 1160 g/mol. The van der Waals surface area contributed by atoms with Gasteiger partial charge in [0.15, 0.2) is 12.7 Å². The summed E-state index contributed by atoms with van der Waals surface area (Å²) in [5.41, 5.74) is -27.6. The molecule has 0 saturated carbocycles. The van der Waals surface area contributed by atoms with Crippen LogP contribution in [-0.4, -0.2) is 11.4 Å². The number of thiol groups is 1. The van der Waals surface area contributed by atoms with Crippen LogP contribution in [0.2, 0.25) is 0 Å². The van der Waals surface area contributed by atoms with Crippen molar-refractivity contribution in [3.63, 3.8) is 0 Å². The van der Waals surface area contributed by atoms with Gasteiger partial charge in [0.2, 0.25) is 5.69 Å². The van der Waals surface area contributed by atoms with E-state index in [1.807, 2.05) is 0 Å². The molecule has 6 aromatic carbocycles. The van der Waals surface area contributed by atoms with Crippen molar-refractivity contribution in [2.45, 2.75) is 81.0 Å². The molecule has 0 N–H and O–H groups in total. The molecule has 0 fully saturated rings. The Hall–Kier alpha value is -6.80. The van der Waals surface area contributed by atoms with Crippen LogP contribution in [-0.2, 0) is 56.0 Å². The van der Waals surface area contributed by atoms with E-state index in [2.05, 4.69) is 103 Å². The fraction of sp³-hybridized carbons (Fsp3) is 0.241. The van der Waals surface area contributed by atoms with Gasteiger partial charge in [0.25, 0.3) is 0 Å². The van der Waals surface area contributed by atoms with Gasteiger partial charge in [-0.25, -0.2) is 0 Å². The summed E-state index contributed by atoms with van der Waals surface area (Å²) >= 11 is 4.46. The van der Waals surface area contributed by atoms with Crippen molar-refractivity contribution in [3.8, 4) is 0 Å². The van der Waals surface area contributed by atoms with E-state index in [1.54, 1.807) is 0 Å². The first-order valence-corrected chi connectivity index (χ1v) is 23.7. The Labute approximate surface area is 448 Å². The molecule has 0 radical (unpaired) electrons. The van der Waals surface area contributed by atoms with E-state index in [0.29, 0.717) is 5.25 Å². The highest BCUT2D eigenvalue weighted by molar-refractivity contribution is 7.80. The summed E-state index contributed by atoms with van der Waals surface area (Å²) in [4.78, 5) is 0. The van der Waals surface area contributed by atoms with Crippen LogP contribution in [0.25, 0.3) is 16.8 Å². The van der Waals surface area contributed by atoms with Crippen LogP contribution in [0, 0.1) is 0 Å². The number of alkyl halides is 24. The molecule has 1 unspecified atom stereocenters. The Kier molecular flexibility index (Phi) is 17.9. The van der Waals surface area contributed by atoms with Crippen LogP contribution in [0.1, 0.15) is 75.5 Å². The number of hydrogen-bond acceptors (Lipinski definition) is 1. The van der Waals surface area contributed by atoms with Crippen molar-refractivity contribution in [1.82, 2.24) is 0 Å². The molecule has 0 spiro atoms. The molecule has 7 aromatic rings. The van der Waals surface area contributed by atoms with Gasteiger partial charge in [0, 0.05) is 17.7 Å². The van der Waals surface area contributed by atoms with E-state index in [-0.39, 0.29) is 0 Å². The second-order valence-corrected chi connectivity index (χ2v) is 19.3. The second-order valence-electron chi connectivity index (χ2n) is 18.5. The van der Waals surface area contributed by atoms with Crippen molar-refractivity contribution in [2.75, 3.05) is 0 Å². The predicted molar refractivity (Wildman–Crippen MR) is 256 cm³/mol. The number of benzene rings is 6. The van der Waals surface area contributed by atoms with Crippen LogP contribution in [0.4, 0.5) is 105 Å². The molecule has 0 saturated heterocycles. The Morgan fingerprint density at radius 3 is 1.00 bits per heavy atom. The molecule has 81 heavy (non-hydrogen) atoms. The number of halogens is 24. The van der Waals surface area contributed by atoms with Gasteiger partial charge in [-0.05, 0) is 53.8 Å². The molecule has 0 bridgehead atoms. The topological polar surface area (TPSA) is 3.88 Å². The summed E-state index contributed by atoms with van der Waals surface area (Å²) in [6.45, 7) is 3.03. The lowest BCUT2D eigenvalue weighted by Crippen LogP contribution is -2.75. The van der Waals surface area contributed by atoms with Gasteiger partial charge in [-0.1, -0.05) is 110 Å². The average Bonchev–Trinajstić information content (AvgIpc) is 3.13. The number of aromatic nitrogens is 1. The molecular formula is C54H36BF24NS. The Morgan fingerprint density at radius 1 is 0.407 bits per heavy atom. The highest BCUT2D eigenvalue weighted by Gasteiger charge is 2.47. The fourth-order valence-electron chi connectivity index (χ4n) is 8.99. The summed E-state index contributed by atoms with van der Waals surface area (Å²) in [5, 5.41) is 3.02. The average molecular weight is 1200 g/mol. The van der Waals surface area contributed by atoms with Crippen LogP contribution in [0.3, 0.4) is 0 Å². The second kappa shape index (κ2) is 22.9. The van der Waals surface area contributed by atoms with Gasteiger partial charge < -0.3 is 0 Å². The largest absolute Gasteiger partial charge is 0.416 e. The number of fused-ring (bicyclic) bond motifs is 1. The van der Waals surface area contributed by atoms with Gasteiger partial charge >= 0.3 is 49.4 Å². The lowest BCUT2D eigenvalue weighted by molar-refractivity contribution is -0.688. The van der Waals surface area contributed by atoms with Crippen LogP contribution < -0.4 is 26.4 Å². The summed E-state index contributed by atoms with van der Waals surface area (Å²) < 4.78 is 343. The number of pyridine rings is 1. The monoisotopic (exact) mass is 1200 g/mol. The van der Waals surface area contributed by atoms with E-state index in [1.165, 1.54) is 22.0 Å². The Bertz CT molecular complexity index is 2940. The highest BCUT2D eigenvalue weighted by atomic mass is 32.1. The normalized spacial score (nSPS) is 13.9. The van der Waals surface area contributed by atoms with Crippen LogP contribution in [0.5, 0.6) is 0 Å². The molecule has 1 atom stereocenters. The van der Waals surface area contributed by atoms with Crippen LogP contribution >= 0.6 is 12.6 Å². The van der Waals surface area contributed by atoms with E-state index >= 15 is 0 Å². The molecule has 0 amide bonds. The maximum atomic E-state index is 14.2.